The van der Waals surface area contributed by atoms with Crippen molar-refractivity contribution in [2.45, 2.75) is 19.1 Å². The Balaban J connectivity index is 2.06. The molecule has 0 amide bonds. The third-order valence-corrected chi connectivity index (χ3v) is 3.92. The summed E-state index contributed by atoms with van der Waals surface area (Å²) in [6, 6.07) is 0. The first-order valence-corrected chi connectivity index (χ1v) is 9.44. The zero-order valence-electron chi connectivity index (χ0n) is 11.8. The van der Waals surface area contributed by atoms with E-state index in [-0.39, 0.29) is 24.2 Å². The number of thiol groups is 1. The summed E-state index contributed by atoms with van der Waals surface area (Å²) >= 11 is 3.56. The quantitative estimate of drug-likeness (QED) is 0.329. The van der Waals surface area contributed by atoms with Crippen LogP contribution in [0, 0.1) is 0 Å². The molecule has 0 radical (unpaired) electrons. The number of fused-ring (bicyclic) bond motifs is 1. The van der Waals surface area contributed by atoms with Crippen molar-refractivity contribution < 1.29 is 19.0 Å². The van der Waals surface area contributed by atoms with Crippen LogP contribution in [-0.2, 0) is 15.8 Å². The van der Waals surface area contributed by atoms with Crippen LogP contribution in [0.2, 0.25) is 0 Å². The van der Waals surface area contributed by atoms with Crippen LogP contribution in [0.15, 0.2) is 11.1 Å². The molecule has 2 aromatic rings. The molecule has 0 spiro atoms. The van der Waals surface area contributed by atoms with Gasteiger partial charge < -0.3 is 0 Å². The maximum absolute atomic E-state index is 11.7. The molecule has 0 aliphatic heterocycles. The Bertz CT molecular complexity index is 699. The molecule has 12 heteroatoms. The number of hydrogen-bond donors (Lipinski definition) is 5. The molecule has 1 unspecified atom stereocenters. The second-order valence-electron chi connectivity index (χ2n) is 4.59. The van der Waals surface area contributed by atoms with Crippen molar-refractivity contribution in [3.63, 3.8) is 0 Å². The third-order valence-electron chi connectivity index (χ3n) is 2.98. The number of methoxy groups -OCH3 is 1. The molecule has 0 fully saturated rings. The summed E-state index contributed by atoms with van der Waals surface area (Å²) in [4.78, 5) is 40.3. The number of H-pyrrole nitrogens is 1. The first-order valence-electron chi connectivity index (χ1n) is 6.34. The number of anilines is 1. The van der Waals surface area contributed by atoms with Crippen LogP contribution in [0.4, 0.5) is 5.95 Å². The van der Waals surface area contributed by atoms with Gasteiger partial charge in [0.25, 0.3) is 0 Å². The molecular weight excluding hydrogens is 333 g/mol. The van der Waals surface area contributed by atoms with Gasteiger partial charge >= 0.3 is 130 Å². The van der Waals surface area contributed by atoms with E-state index >= 15 is 0 Å². The van der Waals surface area contributed by atoms with Crippen molar-refractivity contribution in [2.24, 2.45) is 0 Å². The number of rotatable bonds is 7. The Morgan fingerprint density at radius 2 is 2.32 bits per heavy atom. The van der Waals surface area contributed by atoms with Gasteiger partial charge in [-0.2, -0.15) is 0 Å². The molecule has 0 aromatic carbocycles. The fourth-order valence-corrected chi connectivity index (χ4v) is 2.52. The van der Waals surface area contributed by atoms with Gasteiger partial charge in [-0.25, -0.2) is 0 Å². The predicted molar refractivity (Wildman–Crippen MR) is 85.7 cm³/mol. The number of nitrogens with zero attached hydrogens (tertiary/aromatic N) is 3. The van der Waals surface area contributed by atoms with Crippen molar-refractivity contribution in [1.29, 1.82) is 0 Å². The molecule has 1 atom stereocenters. The number of nitrogens with one attached hydrogen (secondary N) is 1. The van der Waals surface area contributed by atoms with Crippen LogP contribution < -0.4 is 11.3 Å². The fraction of sp³-hybridized carbons (Fsp3) is 0.500. The van der Waals surface area contributed by atoms with E-state index in [1.165, 1.54) is 13.4 Å². The Morgan fingerprint density at radius 3 is 2.95 bits per heavy atom. The van der Waals surface area contributed by atoms with Crippen molar-refractivity contribution in [3.05, 3.63) is 16.7 Å². The number of hydrogen-bond acceptors (Lipinski definition) is 9. The molecule has 0 bridgehead atoms. The van der Waals surface area contributed by atoms with E-state index in [0.717, 1.165) is 0 Å². The van der Waals surface area contributed by atoms with E-state index < -0.39 is 12.7 Å². The fourth-order valence-electron chi connectivity index (χ4n) is 1.89. The van der Waals surface area contributed by atoms with Crippen LogP contribution in [-0.4, -0.2) is 49.1 Å². The van der Waals surface area contributed by atoms with E-state index in [0.29, 0.717) is 18.6 Å². The number of nitrogens with two attached hydrogens (primary N) is 1. The van der Waals surface area contributed by atoms with Gasteiger partial charge in [-0.3, -0.25) is 0 Å². The van der Waals surface area contributed by atoms with E-state index in [2.05, 4.69) is 27.2 Å². The SMILES string of the molecule is COC(CCn1cnc2c(=O)[nH]c(N)nc21)CO[PH](O)(O)S. The summed E-state index contributed by atoms with van der Waals surface area (Å²) < 4.78 is 11.7. The first-order chi connectivity index (χ1) is 10.3. The van der Waals surface area contributed by atoms with Crippen LogP contribution in [0.5, 0.6) is 0 Å². The van der Waals surface area contributed by atoms with Crippen molar-refractivity contribution >= 4 is 36.5 Å². The Kier molecular flexibility index (Phi) is 5.37. The molecule has 2 rings (SSSR count). The molecule has 0 saturated heterocycles. The van der Waals surface area contributed by atoms with E-state index in [1.807, 2.05) is 0 Å². The van der Waals surface area contributed by atoms with Crippen LogP contribution in [0.25, 0.3) is 11.2 Å². The maximum atomic E-state index is 11.7. The minimum absolute atomic E-state index is 0.0114. The Morgan fingerprint density at radius 1 is 1.59 bits per heavy atom. The molecule has 124 valence electrons. The average molecular weight is 351 g/mol. The van der Waals surface area contributed by atoms with E-state index in [1.54, 1.807) is 4.57 Å². The van der Waals surface area contributed by atoms with Gasteiger partial charge in [-0.1, -0.05) is 0 Å². The molecule has 2 heterocycles. The van der Waals surface area contributed by atoms with Gasteiger partial charge in [-0.05, 0) is 0 Å². The number of aromatic amines is 1. The Hall–Kier alpha value is -1.23. The molecule has 0 aliphatic rings. The summed E-state index contributed by atoms with van der Waals surface area (Å²) in [5.74, 6) is 0.0114. The average Bonchev–Trinajstić information content (AvgIpc) is 2.81. The van der Waals surface area contributed by atoms with Gasteiger partial charge in [0, 0.05) is 0 Å². The number of imidazole rings is 1. The molecule has 2 aromatic heterocycles. The monoisotopic (exact) mass is 351 g/mol. The van der Waals surface area contributed by atoms with E-state index in [4.69, 9.17) is 24.8 Å². The zero-order chi connectivity index (χ0) is 16.3. The standard InChI is InChI=1S/C10H18N5O5PS/c1-19-6(4-20-21(17,18)22)2-3-15-5-12-7-8(15)13-10(11)14-9(7)16/h5-6,17-18,21-22H,2-4H2,1H3,(H3,11,13,14,16). The van der Waals surface area contributed by atoms with Gasteiger partial charge in [-0.15, -0.1) is 0 Å². The summed E-state index contributed by atoms with van der Waals surface area (Å²) in [6.45, 7) is 0.425. The van der Waals surface area contributed by atoms with Crippen molar-refractivity contribution in [1.82, 2.24) is 19.5 Å². The van der Waals surface area contributed by atoms with Gasteiger partial charge in [0.05, 0.1) is 0 Å². The first kappa shape index (κ1) is 17.1. The molecule has 0 aliphatic carbocycles. The van der Waals surface area contributed by atoms with Gasteiger partial charge in [0.1, 0.15) is 0 Å². The van der Waals surface area contributed by atoms with Crippen molar-refractivity contribution in [3.8, 4) is 0 Å². The van der Waals surface area contributed by atoms with Gasteiger partial charge in [0.2, 0.25) is 0 Å². The molecule has 10 nitrogen and oxygen atoms in total. The van der Waals surface area contributed by atoms with Crippen LogP contribution >= 0.6 is 19.4 Å². The number of ether oxygens (including phenoxy) is 1. The topological polar surface area (TPSA) is 149 Å². The summed E-state index contributed by atoms with van der Waals surface area (Å²) in [5, 5.41) is 0. The van der Waals surface area contributed by atoms with Gasteiger partial charge in [0.15, 0.2) is 0 Å². The summed E-state index contributed by atoms with van der Waals surface area (Å²) in [7, 11) is -2.39. The summed E-state index contributed by atoms with van der Waals surface area (Å²) in [6.07, 6.45) is 1.58. The summed E-state index contributed by atoms with van der Waals surface area (Å²) in [5.41, 5.74) is 5.69. The predicted octanol–water partition coefficient (Wildman–Crippen LogP) is -0.552. The van der Waals surface area contributed by atoms with Crippen molar-refractivity contribution in [2.75, 3.05) is 19.5 Å². The van der Waals surface area contributed by atoms with E-state index in [9.17, 15) is 4.79 Å². The minimum atomic E-state index is -3.87. The third kappa shape index (κ3) is 4.38. The number of aromatic nitrogens is 4. The normalized spacial score (nSPS) is 14.4. The number of aryl methyl sites for hydroxylation is 1. The Labute approximate surface area is 131 Å². The van der Waals surface area contributed by atoms with Crippen LogP contribution in [0.1, 0.15) is 6.42 Å². The molecule has 0 saturated carbocycles. The molecule has 22 heavy (non-hydrogen) atoms. The second-order valence-corrected chi connectivity index (χ2v) is 7.78. The zero-order valence-corrected chi connectivity index (χ0v) is 13.7. The molecule has 5 N–H and O–H groups in total. The second kappa shape index (κ2) is 6.90. The number of nitrogen functional groups attached to an aromatic ring is 1. The molecular formula is C10H18N5O5PS. The van der Waals surface area contributed by atoms with Crippen LogP contribution in [0.3, 0.4) is 0 Å².